The van der Waals surface area contributed by atoms with E-state index in [0.29, 0.717) is 10.8 Å². The second-order valence-corrected chi connectivity index (χ2v) is 8.13. The SMILES string of the molecule is CC(C)c1ccccc1-c1cncc(Sc2ccc(C(=O)O)s2)c1. The Kier molecular flexibility index (Phi) is 5.02. The molecule has 0 saturated carbocycles. The fourth-order valence-electron chi connectivity index (χ4n) is 2.49. The summed E-state index contributed by atoms with van der Waals surface area (Å²) in [5, 5.41) is 9.03. The number of benzene rings is 1. The Hall–Kier alpha value is -2.11. The minimum atomic E-state index is -0.885. The third-order valence-corrected chi connectivity index (χ3v) is 5.78. The number of carboxylic acids is 1. The topological polar surface area (TPSA) is 50.2 Å². The molecule has 0 saturated heterocycles. The zero-order valence-electron chi connectivity index (χ0n) is 13.4. The van der Waals surface area contributed by atoms with Gasteiger partial charge in [0.15, 0.2) is 0 Å². The van der Waals surface area contributed by atoms with Crippen molar-refractivity contribution < 1.29 is 9.90 Å². The van der Waals surface area contributed by atoms with E-state index >= 15 is 0 Å². The first-order valence-corrected chi connectivity index (χ1v) is 9.23. The molecule has 1 aromatic carbocycles. The molecule has 5 heteroatoms. The summed E-state index contributed by atoms with van der Waals surface area (Å²) in [5.41, 5.74) is 3.57. The number of aromatic nitrogens is 1. The number of aromatic carboxylic acids is 1. The first-order valence-electron chi connectivity index (χ1n) is 7.60. The molecule has 0 fully saturated rings. The van der Waals surface area contributed by atoms with E-state index in [0.717, 1.165) is 14.7 Å². The summed E-state index contributed by atoms with van der Waals surface area (Å²) in [5.74, 6) is -0.447. The second kappa shape index (κ2) is 7.20. The summed E-state index contributed by atoms with van der Waals surface area (Å²) in [6, 6.07) is 14.0. The van der Waals surface area contributed by atoms with Crippen LogP contribution in [0.4, 0.5) is 0 Å². The van der Waals surface area contributed by atoms with E-state index in [9.17, 15) is 4.79 Å². The number of pyridine rings is 1. The third kappa shape index (κ3) is 3.68. The number of carbonyl (C=O) groups is 1. The van der Waals surface area contributed by atoms with E-state index in [1.165, 1.54) is 22.5 Å². The van der Waals surface area contributed by atoms with Crippen LogP contribution in [0.5, 0.6) is 0 Å². The Morgan fingerprint density at radius 3 is 2.67 bits per heavy atom. The molecular formula is C19H17NO2S2. The number of thiophene rings is 1. The Labute approximate surface area is 149 Å². The van der Waals surface area contributed by atoms with E-state index in [1.54, 1.807) is 17.8 Å². The summed E-state index contributed by atoms with van der Waals surface area (Å²) in [4.78, 5) is 16.7. The van der Waals surface area contributed by atoms with E-state index in [2.05, 4.69) is 43.1 Å². The van der Waals surface area contributed by atoms with E-state index in [-0.39, 0.29) is 0 Å². The summed E-state index contributed by atoms with van der Waals surface area (Å²) in [7, 11) is 0. The molecule has 1 N–H and O–H groups in total. The maximum absolute atomic E-state index is 11.0. The van der Waals surface area contributed by atoms with Gasteiger partial charge in [-0.25, -0.2) is 4.79 Å². The van der Waals surface area contributed by atoms with Gasteiger partial charge in [-0.15, -0.1) is 11.3 Å². The smallest absolute Gasteiger partial charge is 0.345 e. The molecule has 0 unspecified atom stereocenters. The van der Waals surface area contributed by atoms with Crippen LogP contribution in [0.2, 0.25) is 0 Å². The Balaban J connectivity index is 1.91. The molecule has 0 amide bonds. The lowest BCUT2D eigenvalue weighted by atomic mass is 9.93. The van der Waals surface area contributed by atoms with Crippen molar-refractivity contribution >= 4 is 29.1 Å². The van der Waals surface area contributed by atoms with Crippen molar-refractivity contribution in [3.63, 3.8) is 0 Å². The van der Waals surface area contributed by atoms with Crippen molar-refractivity contribution in [3.05, 3.63) is 65.3 Å². The van der Waals surface area contributed by atoms with Crippen molar-refractivity contribution in [2.24, 2.45) is 0 Å². The van der Waals surface area contributed by atoms with Gasteiger partial charge in [-0.2, -0.15) is 0 Å². The number of carboxylic acid groups (broad SMARTS) is 1. The molecule has 0 aliphatic rings. The first-order chi connectivity index (χ1) is 11.5. The van der Waals surface area contributed by atoms with Crippen LogP contribution in [0.15, 0.2) is 64.0 Å². The first kappa shape index (κ1) is 16.7. The van der Waals surface area contributed by atoms with Gasteiger partial charge in [0.25, 0.3) is 0 Å². The van der Waals surface area contributed by atoms with Crippen LogP contribution in [0.3, 0.4) is 0 Å². The van der Waals surface area contributed by atoms with Crippen LogP contribution < -0.4 is 0 Å². The average Bonchev–Trinajstić information content (AvgIpc) is 3.04. The van der Waals surface area contributed by atoms with Gasteiger partial charge < -0.3 is 5.11 Å². The van der Waals surface area contributed by atoms with Crippen molar-refractivity contribution in [2.75, 3.05) is 0 Å². The van der Waals surface area contributed by atoms with Gasteiger partial charge in [-0.1, -0.05) is 49.9 Å². The summed E-state index contributed by atoms with van der Waals surface area (Å²) < 4.78 is 0.948. The fourth-order valence-corrected chi connectivity index (χ4v) is 4.46. The van der Waals surface area contributed by atoms with Crippen LogP contribution >= 0.6 is 23.1 Å². The van der Waals surface area contributed by atoms with Gasteiger partial charge in [0.1, 0.15) is 4.88 Å². The second-order valence-electron chi connectivity index (χ2n) is 5.68. The van der Waals surface area contributed by atoms with Gasteiger partial charge in [-0.05, 0) is 35.2 Å². The molecule has 0 bridgehead atoms. The normalized spacial score (nSPS) is 11.0. The molecular weight excluding hydrogens is 338 g/mol. The summed E-state index contributed by atoms with van der Waals surface area (Å²) in [6.07, 6.45) is 3.69. The number of nitrogens with zero attached hydrogens (tertiary/aromatic N) is 1. The molecule has 3 rings (SSSR count). The monoisotopic (exact) mass is 355 g/mol. The fraction of sp³-hybridized carbons (Fsp3) is 0.158. The van der Waals surface area contributed by atoms with Crippen LogP contribution in [0.25, 0.3) is 11.1 Å². The van der Waals surface area contributed by atoms with Gasteiger partial charge in [0.2, 0.25) is 0 Å². The van der Waals surface area contributed by atoms with E-state index in [1.807, 2.05) is 24.5 Å². The molecule has 24 heavy (non-hydrogen) atoms. The van der Waals surface area contributed by atoms with Crippen LogP contribution in [0.1, 0.15) is 35.0 Å². The highest BCUT2D eigenvalue weighted by atomic mass is 32.2. The lowest BCUT2D eigenvalue weighted by Gasteiger charge is -2.13. The number of hydrogen-bond donors (Lipinski definition) is 1. The quantitative estimate of drug-likeness (QED) is 0.630. The van der Waals surface area contributed by atoms with Gasteiger partial charge in [0, 0.05) is 22.9 Å². The van der Waals surface area contributed by atoms with E-state index < -0.39 is 5.97 Å². The molecule has 122 valence electrons. The van der Waals surface area contributed by atoms with Gasteiger partial charge in [-0.3, -0.25) is 4.98 Å². The molecule has 2 aromatic heterocycles. The number of rotatable bonds is 5. The zero-order chi connectivity index (χ0) is 17.1. The van der Waals surface area contributed by atoms with Gasteiger partial charge >= 0.3 is 5.97 Å². The summed E-state index contributed by atoms with van der Waals surface area (Å²) in [6.45, 7) is 4.37. The maximum atomic E-state index is 11.0. The Bertz CT molecular complexity index is 871. The lowest BCUT2D eigenvalue weighted by molar-refractivity contribution is 0.0702. The van der Waals surface area contributed by atoms with Gasteiger partial charge in [0.05, 0.1) is 4.21 Å². The summed E-state index contributed by atoms with van der Waals surface area (Å²) >= 11 is 2.82. The van der Waals surface area contributed by atoms with E-state index in [4.69, 9.17) is 5.11 Å². The van der Waals surface area contributed by atoms with Crippen molar-refractivity contribution in [3.8, 4) is 11.1 Å². The molecule has 2 heterocycles. The third-order valence-electron chi connectivity index (χ3n) is 3.62. The minimum Gasteiger partial charge on any atom is -0.477 e. The van der Waals surface area contributed by atoms with Crippen LogP contribution in [-0.4, -0.2) is 16.1 Å². The highest BCUT2D eigenvalue weighted by Crippen LogP contribution is 2.36. The van der Waals surface area contributed by atoms with Crippen molar-refractivity contribution in [1.82, 2.24) is 4.98 Å². The minimum absolute atomic E-state index is 0.353. The average molecular weight is 355 g/mol. The number of hydrogen-bond acceptors (Lipinski definition) is 4. The molecule has 0 aliphatic carbocycles. The molecule has 3 nitrogen and oxygen atoms in total. The Morgan fingerprint density at radius 1 is 1.17 bits per heavy atom. The predicted octanol–water partition coefficient (Wildman–Crippen LogP) is 5.78. The standard InChI is InChI=1S/C19H17NO2S2/c1-12(2)15-5-3-4-6-16(15)13-9-14(11-20-10-13)23-18-8-7-17(24-18)19(21)22/h3-12H,1-2H3,(H,21,22). The highest BCUT2D eigenvalue weighted by Gasteiger charge is 2.11. The molecule has 3 aromatic rings. The Morgan fingerprint density at radius 2 is 1.96 bits per heavy atom. The molecule has 0 atom stereocenters. The predicted molar refractivity (Wildman–Crippen MR) is 99.2 cm³/mol. The zero-order valence-corrected chi connectivity index (χ0v) is 15.0. The van der Waals surface area contributed by atoms with Crippen LogP contribution in [0, 0.1) is 0 Å². The largest absolute Gasteiger partial charge is 0.477 e. The highest BCUT2D eigenvalue weighted by molar-refractivity contribution is 8.01. The van der Waals surface area contributed by atoms with Crippen molar-refractivity contribution in [2.45, 2.75) is 28.9 Å². The lowest BCUT2D eigenvalue weighted by Crippen LogP contribution is -1.92. The molecule has 0 spiro atoms. The molecule has 0 aliphatic heterocycles. The van der Waals surface area contributed by atoms with Crippen molar-refractivity contribution in [1.29, 1.82) is 0 Å². The molecule has 0 radical (unpaired) electrons. The maximum Gasteiger partial charge on any atom is 0.345 e. The van der Waals surface area contributed by atoms with Crippen LogP contribution in [-0.2, 0) is 0 Å².